The molecule has 0 radical (unpaired) electrons. The normalized spacial score (nSPS) is 11.0. The minimum Gasteiger partial charge on any atom is -0.384 e. The van der Waals surface area contributed by atoms with E-state index in [1.807, 2.05) is 30.9 Å². The molecule has 130 valence electrons. The molecule has 3 rings (SSSR count). The molecule has 0 saturated carbocycles. The average Bonchev–Trinajstić information content (AvgIpc) is 3.09. The molecule has 2 N–H and O–H groups in total. The molecule has 3 aromatic rings. The Morgan fingerprint density at radius 1 is 1.28 bits per heavy atom. The van der Waals surface area contributed by atoms with Crippen molar-refractivity contribution in [1.29, 1.82) is 0 Å². The number of rotatable bonds is 5. The number of ketones is 1. The molecule has 0 saturated heterocycles. The fourth-order valence-corrected chi connectivity index (χ4v) is 3.35. The Labute approximate surface area is 152 Å². The number of hydrogen-bond acceptors (Lipinski definition) is 3. The summed E-state index contributed by atoms with van der Waals surface area (Å²) in [6.07, 6.45) is 4.56. The van der Waals surface area contributed by atoms with Gasteiger partial charge in [-0.25, -0.2) is 0 Å². The van der Waals surface area contributed by atoms with Gasteiger partial charge in [-0.2, -0.15) is 5.10 Å². The molecular weight excluding hydrogens is 336 g/mol. The smallest absolute Gasteiger partial charge is 0.196 e. The molecule has 2 heterocycles. The van der Waals surface area contributed by atoms with E-state index in [9.17, 15) is 4.79 Å². The summed E-state index contributed by atoms with van der Waals surface area (Å²) in [5.74, 6) is 0.421. The minimum atomic E-state index is -0.0775. The largest absolute Gasteiger partial charge is 0.384 e. The van der Waals surface area contributed by atoms with E-state index in [2.05, 4.69) is 12.0 Å². The predicted molar refractivity (Wildman–Crippen MR) is 100 cm³/mol. The molecular formula is C19H21ClN4O. The lowest BCUT2D eigenvalue weighted by molar-refractivity contribution is 0.103. The quantitative estimate of drug-likeness (QED) is 0.710. The number of halogens is 1. The molecule has 0 aliphatic heterocycles. The molecule has 0 fully saturated rings. The van der Waals surface area contributed by atoms with E-state index in [1.54, 1.807) is 28.9 Å². The number of hydrogen-bond donors (Lipinski definition) is 1. The van der Waals surface area contributed by atoms with Crippen LogP contribution in [0.4, 0.5) is 5.82 Å². The van der Waals surface area contributed by atoms with Gasteiger partial charge in [0.05, 0.1) is 18.3 Å². The van der Waals surface area contributed by atoms with Crippen molar-refractivity contribution in [2.45, 2.75) is 26.8 Å². The molecule has 0 bridgehead atoms. The maximum atomic E-state index is 13.0. The zero-order chi connectivity index (χ0) is 18.1. The van der Waals surface area contributed by atoms with Crippen molar-refractivity contribution in [3.05, 3.63) is 69.6 Å². The van der Waals surface area contributed by atoms with Crippen LogP contribution in [0.5, 0.6) is 0 Å². The van der Waals surface area contributed by atoms with Gasteiger partial charge in [0.1, 0.15) is 5.82 Å². The highest BCUT2D eigenvalue weighted by Gasteiger charge is 2.23. The second-order valence-electron chi connectivity index (χ2n) is 6.13. The lowest BCUT2D eigenvalue weighted by Gasteiger charge is -2.09. The van der Waals surface area contributed by atoms with Crippen LogP contribution in [0.2, 0.25) is 5.02 Å². The molecule has 25 heavy (non-hydrogen) atoms. The highest BCUT2D eigenvalue weighted by molar-refractivity contribution is 6.30. The second kappa shape index (κ2) is 6.76. The van der Waals surface area contributed by atoms with E-state index < -0.39 is 0 Å². The van der Waals surface area contributed by atoms with E-state index in [0.717, 1.165) is 23.2 Å². The van der Waals surface area contributed by atoms with Crippen LogP contribution < -0.4 is 5.73 Å². The van der Waals surface area contributed by atoms with Gasteiger partial charge in [-0.3, -0.25) is 9.48 Å². The number of aromatic nitrogens is 3. The van der Waals surface area contributed by atoms with E-state index in [0.29, 0.717) is 28.5 Å². The second-order valence-corrected chi connectivity index (χ2v) is 6.57. The summed E-state index contributed by atoms with van der Waals surface area (Å²) < 4.78 is 3.77. The van der Waals surface area contributed by atoms with E-state index in [-0.39, 0.29) is 5.78 Å². The minimum absolute atomic E-state index is 0.0775. The summed E-state index contributed by atoms with van der Waals surface area (Å²) in [7, 11) is 1.88. The van der Waals surface area contributed by atoms with Crippen LogP contribution in [0.1, 0.15) is 39.7 Å². The zero-order valence-electron chi connectivity index (χ0n) is 14.6. The Hall–Kier alpha value is -2.53. The summed E-state index contributed by atoms with van der Waals surface area (Å²) in [5.41, 5.74) is 10.6. The van der Waals surface area contributed by atoms with Gasteiger partial charge in [0, 0.05) is 35.1 Å². The molecule has 0 spiro atoms. The van der Waals surface area contributed by atoms with Crippen molar-refractivity contribution < 1.29 is 4.79 Å². The van der Waals surface area contributed by atoms with E-state index in [1.165, 1.54) is 0 Å². The fraction of sp³-hybridized carbons (Fsp3) is 0.263. The first kappa shape index (κ1) is 17.3. The van der Waals surface area contributed by atoms with Crippen LogP contribution in [0.15, 0.2) is 36.7 Å². The highest BCUT2D eigenvalue weighted by Crippen LogP contribution is 2.29. The van der Waals surface area contributed by atoms with Crippen LogP contribution >= 0.6 is 11.6 Å². The predicted octanol–water partition coefficient (Wildman–Crippen LogP) is 3.61. The Morgan fingerprint density at radius 2 is 1.96 bits per heavy atom. The Balaban J connectivity index is 2.05. The van der Waals surface area contributed by atoms with Crippen LogP contribution in [-0.2, 0) is 20.0 Å². The van der Waals surface area contributed by atoms with Gasteiger partial charge >= 0.3 is 0 Å². The van der Waals surface area contributed by atoms with Crippen LogP contribution in [-0.4, -0.2) is 20.1 Å². The third-order valence-corrected chi connectivity index (χ3v) is 4.70. The standard InChI is InChI=1S/C19H21ClN4O/c1-4-16-12(2)17(18(25)14-5-7-15(20)8-6-14)19(21)24(16)11-13-9-22-23(3)10-13/h5-10H,4,11,21H2,1-3H3. The first-order chi connectivity index (χ1) is 11.9. The van der Waals surface area contributed by atoms with Crippen molar-refractivity contribution >= 4 is 23.2 Å². The van der Waals surface area contributed by atoms with Crippen molar-refractivity contribution in [1.82, 2.24) is 14.3 Å². The summed E-state index contributed by atoms with van der Waals surface area (Å²) >= 11 is 5.92. The molecule has 6 heteroatoms. The number of carbonyl (C=O) groups excluding carboxylic acids is 1. The molecule has 1 aromatic carbocycles. The number of benzene rings is 1. The number of anilines is 1. The van der Waals surface area contributed by atoms with Crippen LogP contribution in [0, 0.1) is 6.92 Å². The number of aryl methyl sites for hydroxylation is 1. The topological polar surface area (TPSA) is 65.8 Å². The Kier molecular flexibility index (Phi) is 4.68. The summed E-state index contributed by atoms with van der Waals surface area (Å²) in [4.78, 5) is 13.0. The molecule has 0 unspecified atom stereocenters. The van der Waals surface area contributed by atoms with Gasteiger partial charge in [-0.05, 0) is 43.2 Å². The third kappa shape index (κ3) is 3.20. The summed E-state index contributed by atoms with van der Waals surface area (Å²) in [5, 5.41) is 4.80. The van der Waals surface area contributed by atoms with E-state index in [4.69, 9.17) is 17.3 Å². The lowest BCUT2D eigenvalue weighted by atomic mass is 10.0. The van der Waals surface area contributed by atoms with Crippen molar-refractivity contribution in [3.63, 3.8) is 0 Å². The van der Waals surface area contributed by atoms with Crippen molar-refractivity contribution in [3.8, 4) is 0 Å². The molecule has 0 atom stereocenters. The lowest BCUT2D eigenvalue weighted by Crippen LogP contribution is -2.09. The third-order valence-electron chi connectivity index (χ3n) is 4.45. The van der Waals surface area contributed by atoms with Gasteiger partial charge in [0.2, 0.25) is 0 Å². The molecule has 5 nitrogen and oxygen atoms in total. The Bertz CT molecular complexity index is 922. The molecule has 0 amide bonds. The van der Waals surface area contributed by atoms with Gasteiger partial charge in [-0.1, -0.05) is 18.5 Å². The average molecular weight is 357 g/mol. The zero-order valence-corrected chi connectivity index (χ0v) is 15.3. The van der Waals surface area contributed by atoms with Gasteiger partial charge in [0.15, 0.2) is 5.78 Å². The van der Waals surface area contributed by atoms with Crippen molar-refractivity contribution in [2.24, 2.45) is 7.05 Å². The molecule has 0 aliphatic rings. The van der Waals surface area contributed by atoms with Crippen molar-refractivity contribution in [2.75, 3.05) is 5.73 Å². The number of nitrogens with two attached hydrogens (primary N) is 1. The van der Waals surface area contributed by atoms with Crippen LogP contribution in [0.3, 0.4) is 0 Å². The summed E-state index contributed by atoms with van der Waals surface area (Å²) in [6.45, 7) is 4.62. The monoisotopic (exact) mass is 356 g/mol. The first-order valence-electron chi connectivity index (χ1n) is 8.17. The summed E-state index contributed by atoms with van der Waals surface area (Å²) in [6, 6.07) is 6.89. The maximum absolute atomic E-state index is 13.0. The van der Waals surface area contributed by atoms with Crippen LogP contribution in [0.25, 0.3) is 0 Å². The molecule has 0 aliphatic carbocycles. The number of nitrogen functional groups attached to an aromatic ring is 1. The highest BCUT2D eigenvalue weighted by atomic mass is 35.5. The SMILES string of the molecule is CCc1c(C)c(C(=O)c2ccc(Cl)cc2)c(N)n1Cc1cnn(C)c1. The van der Waals surface area contributed by atoms with Gasteiger partial charge in [0.25, 0.3) is 0 Å². The Morgan fingerprint density at radius 3 is 2.52 bits per heavy atom. The first-order valence-corrected chi connectivity index (χ1v) is 8.55. The fourth-order valence-electron chi connectivity index (χ4n) is 3.22. The van der Waals surface area contributed by atoms with Gasteiger partial charge in [-0.15, -0.1) is 0 Å². The number of nitrogens with zero attached hydrogens (tertiary/aromatic N) is 3. The maximum Gasteiger partial charge on any atom is 0.196 e. The van der Waals surface area contributed by atoms with Gasteiger partial charge < -0.3 is 10.3 Å². The number of carbonyl (C=O) groups is 1. The van der Waals surface area contributed by atoms with E-state index >= 15 is 0 Å². The molecule has 2 aromatic heterocycles.